The van der Waals surface area contributed by atoms with Gasteiger partial charge in [-0.2, -0.15) is 18.3 Å². The Labute approximate surface area is 181 Å². The highest BCUT2D eigenvalue weighted by Gasteiger charge is 2.41. The van der Waals surface area contributed by atoms with Gasteiger partial charge in [0.05, 0.1) is 16.7 Å². The minimum atomic E-state index is -4.98. The van der Waals surface area contributed by atoms with Gasteiger partial charge in [0.1, 0.15) is 11.5 Å². The Morgan fingerprint density at radius 2 is 1.72 bits per heavy atom. The van der Waals surface area contributed by atoms with Crippen molar-refractivity contribution in [2.24, 2.45) is 0 Å². The van der Waals surface area contributed by atoms with Crippen LogP contribution in [-0.2, 0) is 22.7 Å². The summed E-state index contributed by atoms with van der Waals surface area (Å²) in [6.07, 6.45) is -4.26. The topological polar surface area (TPSA) is 84.3 Å². The lowest BCUT2D eigenvalue weighted by atomic mass is 10.2. The Bertz CT molecular complexity index is 1240. The van der Waals surface area contributed by atoms with Crippen molar-refractivity contribution >= 4 is 15.9 Å². The smallest absolute Gasteiger partial charge is 0.348 e. The van der Waals surface area contributed by atoms with Crippen molar-refractivity contribution in [1.29, 1.82) is 0 Å². The van der Waals surface area contributed by atoms with Crippen LogP contribution in [0.4, 0.5) is 17.6 Å². The molecule has 1 aromatic heterocycles. The number of aromatic nitrogens is 2. The number of amides is 1. The fraction of sp³-hybridized carbons (Fsp3) is 0.200. The molecule has 0 radical (unpaired) electrons. The Morgan fingerprint density at radius 1 is 1.09 bits per heavy atom. The van der Waals surface area contributed by atoms with Gasteiger partial charge < -0.3 is 5.32 Å². The van der Waals surface area contributed by atoms with Gasteiger partial charge in [0.15, 0.2) is 5.69 Å². The van der Waals surface area contributed by atoms with Gasteiger partial charge in [0.2, 0.25) is 10.0 Å². The highest BCUT2D eigenvalue weighted by Crippen LogP contribution is 2.34. The predicted molar refractivity (Wildman–Crippen MR) is 107 cm³/mol. The summed E-state index contributed by atoms with van der Waals surface area (Å²) in [5.74, 6) is -1.99. The molecule has 0 aliphatic rings. The SMILES string of the molecule is CN(C)S(=O)(=O)c1ccc(CNC(=O)c2cnn(-c3ccccc3F)c2C(F)(F)F)cc1. The summed E-state index contributed by atoms with van der Waals surface area (Å²) in [6, 6.07) is 10.3. The Hall–Kier alpha value is -3.25. The average Bonchev–Trinajstić information content (AvgIpc) is 3.18. The number of carbonyl (C=O) groups is 1. The summed E-state index contributed by atoms with van der Waals surface area (Å²) in [5, 5.41) is 5.91. The van der Waals surface area contributed by atoms with Crippen molar-refractivity contribution < 1.29 is 30.8 Å². The van der Waals surface area contributed by atoms with E-state index in [-0.39, 0.29) is 11.4 Å². The molecule has 32 heavy (non-hydrogen) atoms. The van der Waals surface area contributed by atoms with E-state index in [1.807, 2.05) is 0 Å². The van der Waals surface area contributed by atoms with Crippen LogP contribution in [0.5, 0.6) is 0 Å². The number of para-hydroxylation sites is 1. The lowest BCUT2D eigenvalue weighted by molar-refractivity contribution is -0.143. The quantitative estimate of drug-likeness (QED) is 0.561. The van der Waals surface area contributed by atoms with Crippen LogP contribution in [0.2, 0.25) is 0 Å². The molecule has 0 fully saturated rings. The van der Waals surface area contributed by atoms with E-state index in [1.54, 1.807) is 0 Å². The monoisotopic (exact) mass is 470 g/mol. The molecule has 0 spiro atoms. The number of hydrogen-bond donors (Lipinski definition) is 1. The van der Waals surface area contributed by atoms with Crippen molar-refractivity contribution in [1.82, 2.24) is 19.4 Å². The Balaban J connectivity index is 1.84. The normalized spacial score (nSPS) is 12.2. The molecule has 12 heteroatoms. The maximum atomic E-state index is 14.0. The molecular weight excluding hydrogens is 452 g/mol. The highest BCUT2D eigenvalue weighted by molar-refractivity contribution is 7.89. The Kier molecular flexibility index (Phi) is 6.37. The molecule has 2 aromatic carbocycles. The molecule has 1 heterocycles. The van der Waals surface area contributed by atoms with E-state index in [1.165, 1.54) is 50.5 Å². The second-order valence-electron chi connectivity index (χ2n) is 6.88. The summed E-state index contributed by atoms with van der Waals surface area (Å²) in [5.41, 5.74) is -2.16. The van der Waals surface area contributed by atoms with Crippen molar-refractivity contribution in [3.63, 3.8) is 0 Å². The van der Waals surface area contributed by atoms with Crippen LogP contribution in [0.3, 0.4) is 0 Å². The number of nitrogens with zero attached hydrogens (tertiary/aromatic N) is 3. The zero-order valence-electron chi connectivity index (χ0n) is 16.9. The maximum Gasteiger partial charge on any atom is 0.434 e. The third-order valence-corrected chi connectivity index (χ3v) is 6.35. The molecular formula is C20H18F4N4O3S. The molecule has 1 N–H and O–H groups in total. The molecule has 3 rings (SSSR count). The lowest BCUT2D eigenvalue weighted by Gasteiger charge is -2.13. The van der Waals surface area contributed by atoms with Crippen molar-refractivity contribution in [3.8, 4) is 5.69 Å². The van der Waals surface area contributed by atoms with E-state index in [2.05, 4.69) is 10.4 Å². The summed E-state index contributed by atoms with van der Waals surface area (Å²) < 4.78 is 80.6. The lowest BCUT2D eigenvalue weighted by Crippen LogP contribution is -2.26. The molecule has 1 amide bonds. The van der Waals surface area contributed by atoms with Crippen molar-refractivity contribution in [2.75, 3.05) is 14.1 Å². The van der Waals surface area contributed by atoms with E-state index in [9.17, 15) is 30.8 Å². The van der Waals surface area contributed by atoms with Gasteiger partial charge in [-0.3, -0.25) is 4.79 Å². The first-order valence-electron chi connectivity index (χ1n) is 9.12. The third-order valence-electron chi connectivity index (χ3n) is 4.52. The minimum absolute atomic E-state index is 0.0306. The molecule has 3 aromatic rings. The van der Waals surface area contributed by atoms with E-state index in [4.69, 9.17) is 0 Å². The number of benzene rings is 2. The van der Waals surface area contributed by atoms with Crippen LogP contribution in [0.25, 0.3) is 5.69 Å². The number of alkyl halides is 3. The van der Waals surface area contributed by atoms with Gasteiger partial charge >= 0.3 is 6.18 Å². The van der Waals surface area contributed by atoms with Gasteiger partial charge in [-0.05, 0) is 29.8 Å². The molecule has 7 nitrogen and oxygen atoms in total. The fourth-order valence-corrected chi connectivity index (χ4v) is 3.76. The number of halogens is 4. The summed E-state index contributed by atoms with van der Waals surface area (Å²) in [6.45, 7) is -0.163. The fourth-order valence-electron chi connectivity index (χ4n) is 2.86. The number of sulfonamides is 1. The van der Waals surface area contributed by atoms with Crippen LogP contribution in [0, 0.1) is 5.82 Å². The first-order valence-corrected chi connectivity index (χ1v) is 10.6. The third kappa shape index (κ3) is 4.65. The average molecular weight is 470 g/mol. The summed E-state index contributed by atoms with van der Waals surface area (Å²) in [4.78, 5) is 12.5. The van der Waals surface area contributed by atoms with Gasteiger partial charge in [0, 0.05) is 20.6 Å². The maximum absolute atomic E-state index is 14.0. The van der Waals surface area contributed by atoms with Crippen LogP contribution in [-0.4, -0.2) is 42.5 Å². The van der Waals surface area contributed by atoms with E-state index in [0.29, 0.717) is 10.2 Å². The predicted octanol–water partition coefficient (Wildman–Crippen LogP) is 3.21. The minimum Gasteiger partial charge on any atom is -0.348 e. The molecule has 0 aliphatic carbocycles. The second kappa shape index (κ2) is 8.71. The van der Waals surface area contributed by atoms with Crippen molar-refractivity contribution in [3.05, 3.63) is 77.4 Å². The number of carbonyl (C=O) groups excluding carboxylic acids is 1. The highest BCUT2D eigenvalue weighted by atomic mass is 32.2. The molecule has 170 valence electrons. The number of rotatable bonds is 6. The van der Waals surface area contributed by atoms with Gasteiger partial charge in [0.25, 0.3) is 5.91 Å². The largest absolute Gasteiger partial charge is 0.434 e. The van der Waals surface area contributed by atoms with Crippen molar-refractivity contribution in [2.45, 2.75) is 17.6 Å². The summed E-state index contributed by atoms with van der Waals surface area (Å²) in [7, 11) is -0.881. The number of nitrogens with one attached hydrogen (secondary N) is 1. The van der Waals surface area contributed by atoms with Gasteiger partial charge in [-0.1, -0.05) is 24.3 Å². The molecule has 0 atom stereocenters. The van der Waals surface area contributed by atoms with Crippen LogP contribution in [0.1, 0.15) is 21.6 Å². The van der Waals surface area contributed by atoms with Gasteiger partial charge in [-0.15, -0.1) is 0 Å². The van der Waals surface area contributed by atoms with Crippen LogP contribution in [0.15, 0.2) is 59.6 Å². The zero-order chi connectivity index (χ0) is 23.7. The zero-order valence-corrected chi connectivity index (χ0v) is 17.7. The molecule has 0 saturated heterocycles. The van der Waals surface area contributed by atoms with E-state index >= 15 is 0 Å². The summed E-state index contributed by atoms with van der Waals surface area (Å²) >= 11 is 0. The molecule has 0 bridgehead atoms. The van der Waals surface area contributed by atoms with Crippen LogP contribution < -0.4 is 5.32 Å². The molecule has 0 aliphatic heterocycles. The Morgan fingerprint density at radius 3 is 2.28 bits per heavy atom. The first-order chi connectivity index (χ1) is 14.9. The molecule has 0 saturated carbocycles. The van der Waals surface area contributed by atoms with Crippen LogP contribution >= 0.6 is 0 Å². The first kappa shape index (κ1) is 23.4. The van der Waals surface area contributed by atoms with E-state index < -0.39 is 44.9 Å². The second-order valence-corrected chi connectivity index (χ2v) is 9.03. The van der Waals surface area contributed by atoms with Gasteiger partial charge in [-0.25, -0.2) is 21.8 Å². The molecule has 0 unspecified atom stereocenters. The standard InChI is InChI=1S/C20H18F4N4O3S/c1-27(2)32(30,31)14-9-7-13(8-10-14)11-25-19(29)15-12-26-28(18(15)20(22,23)24)17-6-4-3-5-16(17)21/h3-10,12H,11H2,1-2H3,(H,25,29). The van der Waals surface area contributed by atoms with E-state index in [0.717, 1.165) is 22.6 Å². The number of hydrogen-bond acceptors (Lipinski definition) is 4.